The summed E-state index contributed by atoms with van der Waals surface area (Å²) in [5, 5.41) is 0. The van der Waals surface area contributed by atoms with Crippen LogP contribution in [-0.2, 0) is 11.2 Å². The molecule has 0 amide bonds. The maximum absolute atomic E-state index is 6.33. The molecule has 2 N–H and O–H groups in total. The van der Waals surface area contributed by atoms with Gasteiger partial charge in [-0.1, -0.05) is 24.6 Å². The van der Waals surface area contributed by atoms with E-state index in [2.05, 4.69) is 19.9 Å². The molecule has 0 aromatic heterocycles. The third-order valence-electron chi connectivity index (χ3n) is 3.11. The Morgan fingerprint density at radius 3 is 2.53 bits per heavy atom. The second-order valence-electron chi connectivity index (χ2n) is 4.64. The lowest BCUT2D eigenvalue weighted by Crippen LogP contribution is -2.45. The zero-order valence-corrected chi connectivity index (χ0v) is 11.2. The van der Waals surface area contributed by atoms with Crippen LogP contribution >= 0.6 is 0 Å². The minimum absolute atomic E-state index is 0.324. The monoisotopic (exact) mass is 237 g/mol. The van der Waals surface area contributed by atoms with Gasteiger partial charge in [-0.15, -0.1) is 0 Å². The standard InChI is InChI=1S/C14H23NO2/c1-5-14(15,10-16-3)9-12-8-11(2)6-7-13(12)17-4/h6-8H,5,9-10,15H2,1-4H3. The van der Waals surface area contributed by atoms with Crippen molar-refractivity contribution in [2.75, 3.05) is 20.8 Å². The molecule has 0 saturated heterocycles. The van der Waals surface area contributed by atoms with Crippen LogP contribution < -0.4 is 10.5 Å². The molecule has 0 aliphatic carbocycles. The Balaban J connectivity index is 2.95. The van der Waals surface area contributed by atoms with Crippen LogP contribution in [0.4, 0.5) is 0 Å². The van der Waals surface area contributed by atoms with E-state index < -0.39 is 0 Å². The lowest BCUT2D eigenvalue weighted by atomic mass is 9.89. The molecule has 0 aliphatic heterocycles. The Bertz CT molecular complexity index is 365. The molecule has 1 aromatic carbocycles. The number of ether oxygens (including phenoxy) is 2. The van der Waals surface area contributed by atoms with Gasteiger partial charge in [-0.3, -0.25) is 0 Å². The summed E-state index contributed by atoms with van der Waals surface area (Å²) in [6.07, 6.45) is 1.64. The molecule has 3 nitrogen and oxygen atoms in total. The van der Waals surface area contributed by atoms with Crippen molar-refractivity contribution in [1.29, 1.82) is 0 Å². The van der Waals surface area contributed by atoms with E-state index in [9.17, 15) is 0 Å². The highest BCUT2D eigenvalue weighted by Crippen LogP contribution is 2.25. The number of methoxy groups -OCH3 is 2. The number of benzene rings is 1. The largest absolute Gasteiger partial charge is 0.496 e. The van der Waals surface area contributed by atoms with Gasteiger partial charge in [-0.25, -0.2) is 0 Å². The number of nitrogens with two attached hydrogens (primary N) is 1. The third kappa shape index (κ3) is 3.72. The second kappa shape index (κ2) is 6.03. The summed E-state index contributed by atoms with van der Waals surface area (Å²) in [6.45, 7) is 4.71. The summed E-state index contributed by atoms with van der Waals surface area (Å²) in [5.41, 5.74) is 8.38. The molecule has 0 heterocycles. The van der Waals surface area contributed by atoms with Gasteiger partial charge in [0.1, 0.15) is 5.75 Å². The Morgan fingerprint density at radius 2 is 2.00 bits per heavy atom. The molecule has 1 unspecified atom stereocenters. The predicted octanol–water partition coefficient (Wildman–Crippen LogP) is 2.30. The normalized spacial score (nSPS) is 14.4. The fourth-order valence-corrected chi connectivity index (χ4v) is 1.99. The van der Waals surface area contributed by atoms with Crippen LogP contribution in [0.15, 0.2) is 18.2 Å². The Hall–Kier alpha value is -1.06. The van der Waals surface area contributed by atoms with Gasteiger partial charge in [0.2, 0.25) is 0 Å². The Morgan fingerprint density at radius 1 is 1.29 bits per heavy atom. The second-order valence-corrected chi connectivity index (χ2v) is 4.64. The summed E-state index contributed by atoms with van der Waals surface area (Å²) in [5.74, 6) is 0.898. The first-order chi connectivity index (χ1) is 8.04. The highest BCUT2D eigenvalue weighted by Gasteiger charge is 2.24. The van der Waals surface area contributed by atoms with Gasteiger partial charge >= 0.3 is 0 Å². The summed E-state index contributed by atoms with van der Waals surface area (Å²) in [6, 6.07) is 6.17. The SMILES string of the molecule is CCC(N)(COC)Cc1cc(C)ccc1OC. The number of hydrogen-bond donors (Lipinski definition) is 1. The van der Waals surface area contributed by atoms with Crippen LogP contribution in [0.5, 0.6) is 5.75 Å². The summed E-state index contributed by atoms with van der Waals surface area (Å²) >= 11 is 0. The summed E-state index contributed by atoms with van der Waals surface area (Å²) in [4.78, 5) is 0. The molecule has 17 heavy (non-hydrogen) atoms. The van der Waals surface area contributed by atoms with Crippen LogP contribution in [0.2, 0.25) is 0 Å². The maximum Gasteiger partial charge on any atom is 0.122 e. The zero-order valence-electron chi connectivity index (χ0n) is 11.2. The van der Waals surface area contributed by atoms with E-state index in [1.54, 1.807) is 14.2 Å². The van der Waals surface area contributed by atoms with Crippen molar-refractivity contribution < 1.29 is 9.47 Å². The highest BCUT2D eigenvalue weighted by molar-refractivity contribution is 5.38. The molecule has 0 fully saturated rings. The number of aryl methyl sites for hydroxylation is 1. The van der Waals surface area contributed by atoms with Crippen molar-refractivity contribution >= 4 is 0 Å². The molecule has 0 saturated carbocycles. The van der Waals surface area contributed by atoms with Gasteiger partial charge in [0.05, 0.1) is 13.7 Å². The van der Waals surface area contributed by atoms with Crippen LogP contribution in [0.3, 0.4) is 0 Å². The molecular weight excluding hydrogens is 214 g/mol. The number of hydrogen-bond acceptors (Lipinski definition) is 3. The van der Waals surface area contributed by atoms with Crippen LogP contribution in [-0.4, -0.2) is 26.4 Å². The molecule has 0 bridgehead atoms. The molecule has 1 aromatic rings. The van der Waals surface area contributed by atoms with Crippen molar-refractivity contribution in [3.05, 3.63) is 29.3 Å². The summed E-state index contributed by atoms with van der Waals surface area (Å²) in [7, 11) is 3.37. The first-order valence-electron chi connectivity index (χ1n) is 5.96. The van der Waals surface area contributed by atoms with E-state index in [-0.39, 0.29) is 5.54 Å². The van der Waals surface area contributed by atoms with Gasteiger partial charge in [0.25, 0.3) is 0 Å². The first-order valence-corrected chi connectivity index (χ1v) is 5.96. The van der Waals surface area contributed by atoms with Crippen molar-refractivity contribution in [2.24, 2.45) is 5.73 Å². The molecule has 1 atom stereocenters. The molecule has 0 radical (unpaired) electrons. The maximum atomic E-state index is 6.33. The molecule has 0 aliphatic rings. The van der Waals surface area contributed by atoms with Gasteiger partial charge in [0, 0.05) is 12.6 Å². The minimum Gasteiger partial charge on any atom is -0.496 e. The van der Waals surface area contributed by atoms with Crippen LogP contribution in [0.1, 0.15) is 24.5 Å². The topological polar surface area (TPSA) is 44.5 Å². The van der Waals surface area contributed by atoms with Gasteiger partial charge < -0.3 is 15.2 Å². The third-order valence-corrected chi connectivity index (χ3v) is 3.11. The smallest absolute Gasteiger partial charge is 0.122 e. The quantitative estimate of drug-likeness (QED) is 0.825. The highest BCUT2D eigenvalue weighted by atomic mass is 16.5. The van der Waals surface area contributed by atoms with E-state index in [1.165, 1.54) is 5.56 Å². The van der Waals surface area contributed by atoms with Gasteiger partial charge in [0.15, 0.2) is 0 Å². The average Bonchev–Trinajstić information content (AvgIpc) is 2.29. The van der Waals surface area contributed by atoms with Crippen molar-refractivity contribution in [3.63, 3.8) is 0 Å². The molecule has 1 rings (SSSR count). The predicted molar refractivity (Wildman–Crippen MR) is 70.5 cm³/mol. The van der Waals surface area contributed by atoms with E-state index >= 15 is 0 Å². The van der Waals surface area contributed by atoms with Crippen molar-refractivity contribution in [2.45, 2.75) is 32.2 Å². The van der Waals surface area contributed by atoms with Gasteiger partial charge in [-0.05, 0) is 31.4 Å². The minimum atomic E-state index is -0.324. The molecule has 96 valence electrons. The lowest BCUT2D eigenvalue weighted by Gasteiger charge is -2.28. The zero-order chi connectivity index (χ0) is 12.9. The van der Waals surface area contributed by atoms with Crippen LogP contribution in [0, 0.1) is 6.92 Å². The average molecular weight is 237 g/mol. The molecule has 0 spiro atoms. The van der Waals surface area contributed by atoms with E-state index in [0.29, 0.717) is 6.61 Å². The Kier molecular flexibility index (Phi) is 4.97. The van der Waals surface area contributed by atoms with Gasteiger partial charge in [-0.2, -0.15) is 0 Å². The fourth-order valence-electron chi connectivity index (χ4n) is 1.99. The number of rotatable bonds is 6. The van der Waals surface area contributed by atoms with Crippen LogP contribution in [0.25, 0.3) is 0 Å². The van der Waals surface area contributed by atoms with Crippen molar-refractivity contribution in [3.8, 4) is 5.75 Å². The molecule has 3 heteroatoms. The van der Waals surface area contributed by atoms with Crippen molar-refractivity contribution in [1.82, 2.24) is 0 Å². The van der Waals surface area contributed by atoms with E-state index in [1.807, 2.05) is 12.1 Å². The van der Waals surface area contributed by atoms with E-state index in [4.69, 9.17) is 15.2 Å². The summed E-state index contributed by atoms with van der Waals surface area (Å²) < 4.78 is 10.6. The first kappa shape index (κ1) is 14.0. The Labute approximate surface area is 104 Å². The fraction of sp³-hybridized carbons (Fsp3) is 0.571. The van der Waals surface area contributed by atoms with E-state index in [0.717, 1.165) is 24.2 Å². The molecular formula is C14H23NO2. The lowest BCUT2D eigenvalue weighted by molar-refractivity contribution is 0.129.